The molecule has 3 rings (SSSR count). The molecule has 0 aromatic heterocycles. The average molecular weight is 403 g/mol. The van der Waals surface area contributed by atoms with Crippen molar-refractivity contribution in [2.24, 2.45) is 4.99 Å². The van der Waals surface area contributed by atoms with E-state index in [0.29, 0.717) is 6.42 Å². The fourth-order valence-corrected chi connectivity index (χ4v) is 3.57. The van der Waals surface area contributed by atoms with Crippen LogP contribution in [0, 0.1) is 6.92 Å². The molecule has 0 radical (unpaired) electrons. The second-order valence-electron chi connectivity index (χ2n) is 7.54. The quantitative estimate of drug-likeness (QED) is 0.415. The molecule has 0 aliphatic heterocycles. The van der Waals surface area contributed by atoms with Gasteiger partial charge in [-0.2, -0.15) is 0 Å². The van der Waals surface area contributed by atoms with Crippen molar-refractivity contribution >= 4 is 17.1 Å². The van der Waals surface area contributed by atoms with Gasteiger partial charge < -0.3 is 15.5 Å². The van der Waals surface area contributed by atoms with Gasteiger partial charge >= 0.3 is 0 Å². The molecule has 0 saturated carbocycles. The number of phenols is 1. The Morgan fingerprint density at radius 3 is 2.37 bits per heavy atom. The lowest BCUT2D eigenvalue weighted by molar-refractivity contribution is 0.225. The summed E-state index contributed by atoms with van der Waals surface area (Å²) in [6, 6.07) is 15.5. The van der Waals surface area contributed by atoms with Crippen LogP contribution < -0.4 is 5.32 Å². The Bertz CT molecular complexity index is 981. The molecule has 30 heavy (non-hydrogen) atoms. The van der Waals surface area contributed by atoms with Crippen LogP contribution in [0.3, 0.4) is 0 Å². The molecule has 4 nitrogen and oxygen atoms in total. The number of nitrogens with zero attached hydrogens (tertiary/aromatic N) is 1. The smallest absolute Gasteiger partial charge is 0.115 e. The molecule has 156 valence electrons. The Kier molecular flexibility index (Phi) is 7.26. The molecule has 1 aliphatic carbocycles. The van der Waals surface area contributed by atoms with Gasteiger partial charge in [0.15, 0.2) is 0 Å². The molecule has 4 heteroatoms. The Balaban J connectivity index is 2.14. The first-order valence-corrected chi connectivity index (χ1v) is 10.4. The summed E-state index contributed by atoms with van der Waals surface area (Å²) < 4.78 is 0. The lowest BCUT2D eigenvalue weighted by atomic mass is 9.90. The maximum absolute atomic E-state index is 9.84. The number of rotatable bonds is 7. The van der Waals surface area contributed by atoms with Gasteiger partial charge in [0.25, 0.3) is 0 Å². The summed E-state index contributed by atoms with van der Waals surface area (Å²) in [4.78, 5) is 4.65. The van der Waals surface area contributed by atoms with Crippen LogP contribution >= 0.6 is 0 Å². The summed E-state index contributed by atoms with van der Waals surface area (Å²) in [6.45, 7) is 4.24. The van der Waals surface area contributed by atoms with Gasteiger partial charge in [-0.25, -0.2) is 0 Å². The number of allylic oxidation sites excluding steroid dienone is 3. The monoisotopic (exact) mass is 402 g/mol. The summed E-state index contributed by atoms with van der Waals surface area (Å²) in [5.74, 6) is 0.238. The molecule has 1 unspecified atom stereocenters. The zero-order valence-corrected chi connectivity index (χ0v) is 17.9. The third-order valence-corrected chi connectivity index (χ3v) is 5.14. The Morgan fingerprint density at radius 2 is 1.80 bits per heavy atom. The molecular formula is C26H30N2O2. The van der Waals surface area contributed by atoms with E-state index in [1.807, 2.05) is 31.3 Å². The second-order valence-corrected chi connectivity index (χ2v) is 7.54. The molecular weight excluding hydrogens is 372 g/mol. The molecule has 0 heterocycles. The highest BCUT2D eigenvalue weighted by Gasteiger charge is 2.19. The maximum atomic E-state index is 9.84. The van der Waals surface area contributed by atoms with Gasteiger partial charge in [0.05, 0.1) is 17.5 Å². The van der Waals surface area contributed by atoms with Crippen LogP contribution in [0.2, 0.25) is 0 Å². The van der Waals surface area contributed by atoms with Crippen LogP contribution in [-0.2, 0) is 0 Å². The highest BCUT2D eigenvalue weighted by atomic mass is 16.3. The predicted octanol–water partition coefficient (Wildman–Crippen LogP) is 5.64. The molecule has 3 N–H and O–H groups in total. The number of phenolic OH excluding ortho intramolecular Hbond substituents is 1. The van der Waals surface area contributed by atoms with Gasteiger partial charge in [-0.3, -0.25) is 4.99 Å². The van der Waals surface area contributed by atoms with Crippen LogP contribution in [0.5, 0.6) is 5.75 Å². The van der Waals surface area contributed by atoms with Crippen LogP contribution in [0.15, 0.2) is 82.9 Å². The fraction of sp³-hybridized carbons (Fsp3) is 0.269. The lowest BCUT2D eigenvalue weighted by Crippen LogP contribution is -2.15. The van der Waals surface area contributed by atoms with Crippen molar-refractivity contribution in [2.45, 2.75) is 39.2 Å². The first kappa shape index (κ1) is 21.6. The normalized spacial score (nSPS) is 17.4. The third kappa shape index (κ3) is 5.28. The van der Waals surface area contributed by atoms with Gasteiger partial charge in [0.2, 0.25) is 0 Å². The van der Waals surface area contributed by atoms with E-state index in [0.717, 1.165) is 46.6 Å². The van der Waals surface area contributed by atoms with E-state index >= 15 is 0 Å². The largest absolute Gasteiger partial charge is 0.508 e. The fourth-order valence-electron chi connectivity index (χ4n) is 3.57. The highest BCUT2D eigenvalue weighted by Crippen LogP contribution is 2.29. The average Bonchev–Trinajstić information content (AvgIpc) is 2.75. The number of anilines is 1. The van der Waals surface area contributed by atoms with Crippen molar-refractivity contribution in [3.63, 3.8) is 0 Å². The molecule has 1 atom stereocenters. The number of aliphatic hydroxyl groups excluding tert-OH is 1. The Labute approximate surface area is 179 Å². The zero-order chi connectivity index (χ0) is 21.5. The van der Waals surface area contributed by atoms with E-state index in [-0.39, 0.29) is 5.75 Å². The molecule has 2 aromatic rings. The van der Waals surface area contributed by atoms with Crippen molar-refractivity contribution in [2.75, 3.05) is 12.4 Å². The summed E-state index contributed by atoms with van der Waals surface area (Å²) in [7, 11) is 1.82. The number of aliphatic imine (C=N–C) groups is 1. The van der Waals surface area contributed by atoms with Gasteiger partial charge in [-0.05, 0) is 55.2 Å². The summed E-state index contributed by atoms with van der Waals surface area (Å²) in [6.07, 6.45) is 7.82. The first-order chi connectivity index (χ1) is 14.5. The van der Waals surface area contributed by atoms with Crippen molar-refractivity contribution in [1.82, 2.24) is 0 Å². The lowest BCUT2D eigenvalue weighted by Gasteiger charge is -2.21. The number of hydrogen-bond acceptors (Lipinski definition) is 4. The number of hydrogen-bond donors (Lipinski definition) is 3. The minimum absolute atomic E-state index is 0.238. The van der Waals surface area contributed by atoms with E-state index in [2.05, 4.69) is 54.5 Å². The molecule has 0 amide bonds. The minimum atomic E-state index is -0.433. The summed E-state index contributed by atoms with van der Waals surface area (Å²) in [5.41, 5.74) is 7.28. The van der Waals surface area contributed by atoms with Gasteiger partial charge in [-0.1, -0.05) is 61.4 Å². The van der Waals surface area contributed by atoms with Crippen molar-refractivity contribution in [3.8, 4) is 5.75 Å². The van der Waals surface area contributed by atoms with Crippen molar-refractivity contribution in [3.05, 3.63) is 89.0 Å². The molecule has 0 fully saturated rings. The first-order valence-electron chi connectivity index (χ1n) is 10.4. The Hall–Kier alpha value is -3.11. The van der Waals surface area contributed by atoms with Gasteiger partial charge in [0, 0.05) is 18.3 Å². The molecule has 1 aliphatic rings. The number of aliphatic hydroxyl groups is 1. The zero-order valence-electron chi connectivity index (χ0n) is 17.9. The van der Waals surface area contributed by atoms with Gasteiger partial charge in [-0.15, -0.1) is 0 Å². The summed E-state index contributed by atoms with van der Waals surface area (Å²) >= 11 is 0. The summed E-state index contributed by atoms with van der Waals surface area (Å²) in [5, 5.41) is 23.1. The SMILES string of the molecule is CCC/C(C(=NC)C1=CCC(O)C=C1)=C(/Nc1ccc(O)cc1)c1ccc(C)cc1. The van der Waals surface area contributed by atoms with Gasteiger partial charge in [0.1, 0.15) is 5.75 Å². The number of nitrogens with one attached hydrogen (secondary N) is 1. The number of aromatic hydroxyl groups is 1. The van der Waals surface area contributed by atoms with E-state index in [9.17, 15) is 10.2 Å². The molecule has 0 spiro atoms. The number of aryl methyl sites for hydroxylation is 1. The molecule has 0 saturated heterocycles. The van der Waals surface area contributed by atoms with Crippen LogP contribution in [-0.4, -0.2) is 29.1 Å². The Morgan fingerprint density at radius 1 is 1.10 bits per heavy atom. The van der Waals surface area contributed by atoms with E-state index in [1.54, 1.807) is 12.1 Å². The van der Waals surface area contributed by atoms with E-state index in [1.165, 1.54) is 5.56 Å². The van der Waals surface area contributed by atoms with Crippen molar-refractivity contribution in [1.29, 1.82) is 0 Å². The molecule has 2 aromatic carbocycles. The van der Waals surface area contributed by atoms with Crippen LogP contribution in [0.1, 0.15) is 37.3 Å². The second kappa shape index (κ2) is 10.1. The topological polar surface area (TPSA) is 64.9 Å². The van der Waals surface area contributed by atoms with E-state index in [4.69, 9.17) is 0 Å². The van der Waals surface area contributed by atoms with Crippen LogP contribution in [0.4, 0.5) is 5.69 Å². The van der Waals surface area contributed by atoms with Crippen molar-refractivity contribution < 1.29 is 10.2 Å². The minimum Gasteiger partial charge on any atom is -0.508 e. The van der Waals surface area contributed by atoms with E-state index < -0.39 is 6.10 Å². The molecule has 0 bridgehead atoms. The predicted molar refractivity (Wildman–Crippen MR) is 126 cm³/mol. The third-order valence-electron chi connectivity index (χ3n) is 5.14. The van der Waals surface area contributed by atoms with Crippen LogP contribution in [0.25, 0.3) is 5.70 Å². The number of benzene rings is 2. The maximum Gasteiger partial charge on any atom is 0.115 e. The standard InChI is InChI=1S/C26H30N2O2/c1-4-5-24(25(27-3)19-10-14-22(29)15-11-19)26(20-8-6-18(2)7-9-20)28-21-12-16-23(30)17-13-21/h6-14,16-17,22,28-30H,4-5,15H2,1-3H3/b26-24-,27-25?. The highest BCUT2D eigenvalue weighted by molar-refractivity contribution is 6.18.